The van der Waals surface area contributed by atoms with Gasteiger partial charge in [0.05, 0.1) is 31.3 Å². The van der Waals surface area contributed by atoms with Crippen LogP contribution in [0.5, 0.6) is 0 Å². The van der Waals surface area contributed by atoms with Gasteiger partial charge in [-0.1, -0.05) is 115 Å². The van der Waals surface area contributed by atoms with E-state index in [-0.39, 0.29) is 12.8 Å². The van der Waals surface area contributed by atoms with Crippen molar-refractivity contribution in [2.45, 2.75) is 178 Å². The topological polar surface area (TPSA) is 226 Å². The first kappa shape index (κ1) is 44.8. The summed E-state index contributed by atoms with van der Waals surface area (Å²) in [5.41, 5.74) is 0. The molecule has 1 aliphatic carbocycles. The lowest BCUT2D eigenvalue weighted by molar-refractivity contribution is -0.220. The Bertz CT molecular complexity index is 937. The van der Waals surface area contributed by atoms with Crippen LogP contribution in [-0.2, 0) is 18.4 Å². The van der Waals surface area contributed by atoms with Crippen molar-refractivity contribution in [2.75, 3.05) is 6.61 Å². The van der Waals surface area contributed by atoms with Crippen LogP contribution in [0, 0.1) is 0 Å². The summed E-state index contributed by atoms with van der Waals surface area (Å²) < 4.78 is 22.6. The zero-order chi connectivity index (χ0) is 36.0. The molecule has 8 unspecified atom stereocenters. The average Bonchev–Trinajstić information content (AvgIpc) is 3.05. The minimum absolute atomic E-state index is 0.253. The fourth-order valence-electron chi connectivity index (χ4n) is 5.54. The molecule has 9 N–H and O–H groups in total. The summed E-state index contributed by atoms with van der Waals surface area (Å²) in [5.74, 6) is -0.634. The van der Waals surface area contributed by atoms with Crippen LogP contribution in [0.2, 0.25) is 0 Å². The van der Waals surface area contributed by atoms with Crippen LogP contribution >= 0.6 is 7.82 Å². The third-order valence-electron chi connectivity index (χ3n) is 8.58. The van der Waals surface area contributed by atoms with E-state index in [0.29, 0.717) is 12.8 Å². The minimum atomic E-state index is -5.11. The average molecular weight is 710 g/mol. The Morgan fingerprint density at radius 1 is 0.750 bits per heavy atom. The molecule has 0 spiro atoms. The number of phosphoric ester groups is 1. The van der Waals surface area contributed by atoms with Crippen LogP contribution in [0.15, 0.2) is 24.3 Å². The molecule has 13 nitrogen and oxygen atoms in total. The molecule has 0 saturated heterocycles. The number of carbonyl (C=O) groups is 1. The summed E-state index contributed by atoms with van der Waals surface area (Å²) in [6, 6.07) is -1.18. The summed E-state index contributed by atoms with van der Waals surface area (Å²) >= 11 is 0. The third kappa shape index (κ3) is 18.7. The highest BCUT2D eigenvalue weighted by molar-refractivity contribution is 7.47. The molecule has 1 fully saturated rings. The number of aliphatic hydroxyl groups is 7. The fourth-order valence-corrected chi connectivity index (χ4v) is 6.50. The fraction of sp³-hybridized carbons (Fsp3) is 0.853. The van der Waals surface area contributed by atoms with Gasteiger partial charge in [0.15, 0.2) is 0 Å². The lowest BCUT2D eigenvalue weighted by atomic mass is 9.85. The molecule has 1 saturated carbocycles. The Balaban J connectivity index is 2.70. The molecule has 0 aromatic heterocycles. The second-order valence-corrected chi connectivity index (χ2v) is 14.3. The summed E-state index contributed by atoms with van der Waals surface area (Å²) in [7, 11) is -5.11. The highest BCUT2D eigenvalue weighted by Gasteiger charge is 2.51. The molecule has 0 aromatic carbocycles. The normalized spacial score (nSPS) is 26.5. The zero-order valence-corrected chi connectivity index (χ0v) is 29.8. The van der Waals surface area contributed by atoms with Gasteiger partial charge in [-0.25, -0.2) is 4.57 Å². The summed E-state index contributed by atoms with van der Waals surface area (Å²) in [4.78, 5) is 23.1. The van der Waals surface area contributed by atoms with Crippen LogP contribution in [0.3, 0.4) is 0 Å². The lowest BCUT2D eigenvalue weighted by Gasteiger charge is -2.41. The van der Waals surface area contributed by atoms with Gasteiger partial charge in [-0.2, -0.15) is 0 Å². The predicted molar refractivity (Wildman–Crippen MR) is 183 cm³/mol. The summed E-state index contributed by atoms with van der Waals surface area (Å²) in [6.45, 7) is 3.62. The molecule has 0 bridgehead atoms. The third-order valence-corrected chi connectivity index (χ3v) is 9.56. The van der Waals surface area contributed by atoms with Gasteiger partial charge in [0.25, 0.3) is 0 Å². The maximum Gasteiger partial charge on any atom is 0.472 e. The maximum atomic E-state index is 12.8. The van der Waals surface area contributed by atoms with Crippen molar-refractivity contribution in [1.82, 2.24) is 5.32 Å². The van der Waals surface area contributed by atoms with Crippen LogP contribution in [0.4, 0.5) is 0 Å². The van der Waals surface area contributed by atoms with Crippen molar-refractivity contribution in [2.24, 2.45) is 0 Å². The van der Waals surface area contributed by atoms with Crippen molar-refractivity contribution in [3.05, 3.63) is 24.3 Å². The number of hydrogen-bond acceptors (Lipinski definition) is 11. The Morgan fingerprint density at radius 2 is 1.27 bits per heavy atom. The van der Waals surface area contributed by atoms with E-state index < -0.39 is 75.2 Å². The second-order valence-electron chi connectivity index (χ2n) is 12.9. The van der Waals surface area contributed by atoms with Gasteiger partial charge in [0, 0.05) is 0 Å². The van der Waals surface area contributed by atoms with E-state index in [1.807, 2.05) is 6.08 Å². The lowest BCUT2D eigenvalue weighted by Crippen LogP contribution is -2.64. The number of carbonyl (C=O) groups excluding carboxylic acids is 1. The summed E-state index contributed by atoms with van der Waals surface area (Å²) in [5, 5.41) is 73.6. The highest BCUT2D eigenvalue weighted by Crippen LogP contribution is 2.47. The molecule has 0 heterocycles. The first-order chi connectivity index (χ1) is 22.8. The number of rotatable bonds is 27. The molecule has 0 radical (unpaired) electrons. The molecule has 1 amide bonds. The van der Waals surface area contributed by atoms with Crippen LogP contribution in [0.25, 0.3) is 0 Å². The van der Waals surface area contributed by atoms with Crippen molar-refractivity contribution in [3.63, 3.8) is 0 Å². The van der Waals surface area contributed by atoms with Crippen LogP contribution in [-0.4, -0.2) is 108 Å². The second kappa shape index (κ2) is 25.7. The van der Waals surface area contributed by atoms with E-state index in [1.54, 1.807) is 6.08 Å². The summed E-state index contributed by atoms with van der Waals surface area (Å²) in [6.07, 6.45) is 8.96. The SMILES string of the molecule is CCCCCCCC/C=C\C/C=C\C(O)CC(=O)NC(COP(=O)(O)OC1C(O)C(O)C(O)C(O)C1O)C(O)CCCCCCCCC. The number of aliphatic hydroxyl groups excluding tert-OH is 7. The zero-order valence-electron chi connectivity index (χ0n) is 28.9. The first-order valence-electron chi connectivity index (χ1n) is 17.9. The Morgan fingerprint density at radius 3 is 1.85 bits per heavy atom. The van der Waals surface area contributed by atoms with Crippen molar-refractivity contribution in [1.29, 1.82) is 0 Å². The van der Waals surface area contributed by atoms with Gasteiger partial charge in [-0.15, -0.1) is 0 Å². The molecule has 0 aliphatic heterocycles. The number of amides is 1. The quantitative estimate of drug-likeness (QED) is 0.0340. The molecule has 282 valence electrons. The standard InChI is InChI=1S/C34H64NO12P/c1-3-5-7-9-11-12-13-14-16-17-19-21-25(36)23-28(38)35-26(27(37)22-20-18-15-10-8-6-4-2)24-46-48(44,45)47-34-32(42)30(40)29(39)31(41)33(34)43/h14,16,19,21,25-27,29-34,36-37,39-43H,3-13,15,17-18,20,22-24H2,1-2H3,(H,35,38)(H,44,45)/b16-14-,21-19-. The van der Waals surface area contributed by atoms with Gasteiger partial charge in [-0.05, 0) is 25.7 Å². The Hall–Kier alpha value is -1.22. The van der Waals surface area contributed by atoms with E-state index in [0.717, 1.165) is 51.4 Å². The van der Waals surface area contributed by atoms with Crippen molar-refractivity contribution < 1.29 is 59.0 Å². The Labute approximate surface area is 286 Å². The van der Waals surface area contributed by atoms with Gasteiger partial charge in [-0.3, -0.25) is 13.8 Å². The molecule has 14 heteroatoms. The number of unbranched alkanes of at least 4 members (excludes halogenated alkanes) is 12. The van der Waals surface area contributed by atoms with Gasteiger partial charge in [0.2, 0.25) is 5.91 Å². The monoisotopic (exact) mass is 709 g/mol. The van der Waals surface area contributed by atoms with E-state index in [2.05, 4.69) is 25.2 Å². The van der Waals surface area contributed by atoms with E-state index in [4.69, 9.17) is 9.05 Å². The number of phosphoric acid groups is 1. The largest absolute Gasteiger partial charge is 0.472 e. The molecule has 1 aliphatic rings. The molecule has 8 atom stereocenters. The van der Waals surface area contributed by atoms with Gasteiger partial charge < -0.3 is 46.0 Å². The highest BCUT2D eigenvalue weighted by atomic mass is 31.2. The molecule has 0 aromatic rings. The maximum absolute atomic E-state index is 12.8. The number of allylic oxidation sites excluding steroid dienone is 3. The smallest absolute Gasteiger partial charge is 0.391 e. The van der Waals surface area contributed by atoms with Crippen molar-refractivity contribution in [3.8, 4) is 0 Å². The molecular formula is C34H64NO12P. The number of nitrogens with one attached hydrogen (secondary N) is 1. The minimum Gasteiger partial charge on any atom is -0.391 e. The van der Waals surface area contributed by atoms with Crippen molar-refractivity contribution >= 4 is 13.7 Å². The van der Waals surface area contributed by atoms with Crippen LogP contribution in [0.1, 0.15) is 123 Å². The van der Waals surface area contributed by atoms with E-state index in [1.165, 1.54) is 38.2 Å². The molecular weight excluding hydrogens is 645 g/mol. The van der Waals surface area contributed by atoms with Gasteiger partial charge in [0.1, 0.15) is 36.6 Å². The molecule has 48 heavy (non-hydrogen) atoms. The van der Waals surface area contributed by atoms with E-state index >= 15 is 0 Å². The van der Waals surface area contributed by atoms with E-state index in [9.17, 15) is 50.0 Å². The molecule has 1 rings (SSSR count). The number of hydrogen-bond donors (Lipinski definition) is 9. The predicted octanol–water partition coefficient (Wildman–Crippen LogP) is 3.30. The first-order valence-corrected chi connectivity index (χ1v) is 19.4. The van der Waals surface area contributed by atoms with Gasteiger partial charge >= 0.3 is 7.82 Å². The van der Waals surface area contributed by atoms with Crippen LogP contribution < -0.4 is 5.32 Å². The Kier molecular flexibility index (Phi) is 24.0.